The van der Waals surface area contributed by atoms with Gasteiger partial charge >= 0.3 is 64.1 Å². The van der Waals surface area contributed by atoms with Crippen LogP contribution in [0.1, 0.15) is 20.8 Å². The number of rotatable bonds is 1. The van der Waals surface area contributed by atoms with E-state index in [1.54, 1.807) is 6.21 Å². The minimum atomic E-state index is 0.802. The third-order valence-corrected chi connectivity index (χ3v) is 0.796. The second kappa shape index (κ2) is 4.65. The summed E-state index contributed by atoms with van der Waals surface area (Å²) in [6.45, 7) is 5.67. The van der Waals surface area contributed by atoms with Crippen molar-refractivity contribution in [3.05, 3.63) is 0 Å². The zero-order valence-corrected chi connectivity index (χ0v) is 7.32. The summed E-state index contributed by atoms with van der Waals surface area (Å²) in [4.78, 5) is 8.03. The van der Waals surface area contributed by atoms with Gasteiger partial charge in [0.15, 0.2) is 0 Å². The predicted octanol–water partition coefficient (Wildman–Crippen LogP) is 1.19. The molecule has 0 aromatic rings. The van der Waals surface area contributed by atoms with Gasteiger partial charge in [-0.2, -0.15) is 0 Å². The SMILES string of the molecule is CC=NC(C)=N[C](C)=[V]. The zero-order valence-electron chi connectivity index (χ0n) is 5.92. The summed E-state index contributed by atoms with van der Waals surface area (Å²) in [6, 6.07) is 0. The molecule has 0 N–H and O–H groups in total. The Bertz CT molecular complexity index is 158. The Hall–Kier alpha value is -0.206. The average Bonchev–Trinajstić information content (AvgIpc) is 1.63. The van der Waals surface area contributed by atoms with Crippen molar-refractivity contribution in [2.45, 2.75) is 20.8 Å². The molecule has 49 valence electrons. The summed E-state index contributed by atoms with van der Waals surface area (Å²) in [7, 11) is 0. The fourth-order valence-electron chi connectivity index (χ4n) is 0.450. The van der Waals surface area contributed by atoms with Crippen molar-refractivity contribution in [2.75, 3.05) is 0 Å². The van der Waals surface area contributed by atoms with E-state index < -0.39 is 0 Å². The summed E-state index contributed by atoms with van der Waals surface area (Å²) < 4.78 is 0.977. The van der Waals surface area contributed by atoms with E-state index in [9.17, 15) is 0 Å². The Morgan fingerprint density at radius 1 is 1.44 bits per heavy atom. The zero-order chi connectivity index (χ0) is 7.28. The van der Waals surface area contributed by atoms with Crippen molar-refractivity contribution in [2.24, 2.45) is 9.98 Å². The molecular weight excluding hydrogens is 151 g/mol. The molecule has 0 spiro atoms. The normalized spacial score (nSPS) is 12.4. The summed E-state index contributed by atoms with van der Waals surface area (Å²) in [5.74, 6) is 0.802. The molecule has 0 aliphatic heterocycles. The molecule has 0 saturated carbocycles. The first kappa shape index (κ1) is 8.79. The summed E-state index contributed by atoms with van der Waals surface area (Å²) in [5, 5.41) is 0. The first-order valence-electron chi connectivity index (χ1n) is 2.73. The van der Waals surface area contributed by atoms with Crippen molar-refractivity contribution in [3.8, 4) is 0 Å². The third-order valence-electron chi connectivity index (χ3n) is 0.640. The van der Waals surface area contributed by atoms with Crippen molar-refractivity contribution in [1.29, 1.82) is 0 Å². The van der Waals surface area contributed by atoms with Crippen LogP contribution < -0.4 is 0 Å². The van der Waals surface area contributed by atoms with E-state index >= 15 is 0 Å². The molecule has 0 radical (unpaired) electrons. The van der Waals surface area contributed by atoms with Crippen LogP contribution in [0.2, 0.25) is 0 Å². The van der Waals surface area contributed by atoms with E-state index in [0.29, 0.717) is 0 Å². The second-order valence-corrected chi connectivity index (χ2v) is 2.60. The van der Waals surface area contributed by atoms with Crippen LogP contribution in [0.3, 0.4) is 0 Å². The van der Waals surface area contributed by atoms with Gasteiger partial charge in [-0.05, 0) is 0 Å². The van der Waals surface area contributed by atoms with E-state index in [4.69, 9.17) is 0 Å². The third kappa shape index (κ3) is 5.67. The maximum absolute atomic E-state index is 4.07. The first-order chi connectivity index (χ1) is 4.16. The van der Waals surface area contributed by atoms with Gasteiger partial charge in [0.1, 0.15) is 0 Å². The molecule has 0 atom stereocenters. The molecule has 9 heavy (non-hydrogen) atoms. The average molecular weight is 161 g/mol. The van der Waals surface area contributed by atoms with Crippen molar-refractivity contribution < 1.29 is 17.0 Å². The molecule has 0 aliphatic carbocycles. The Labute approximate surface area is 64.6 Å². The first-order valence-corrected chi connectivity index (χ1v) is 3.43. The van der Waals surface area contributed by atoms with Crippen molar-refractivity contribution in [3.63, 3.8) is 0 Å². The monoisotopic (exact) mass is 161 g/mol. The van der Waals surface area contributed by atoms with Gasteiger partial charge in [0, 0.05) is 0 Å². The van der Waals surface area contributed by atoms with E-state index in [0.717, 1.165) is 10.2 Å². The number of hydrogen-bond donors (Lipinski definition) is 0. The van der Waals surface area contributed by atoms with E-state index in [-0.39, 0.29) is 0 Å². The maximum atomic E-state index is 4.07. The quantitative estimate of drug-likeness (QED) is 0.407. The fraction of sp³-hybridized carbons (Fsp3) is 0.500. The van der Waals surface area contributed by atoms with Crippen molar-refractivity contribution in [1.82, 2.24) is 0 Å². The molecule has 0 fully saturated rings. The van der Waals surface area contributed by atoms with E-state index in [1.165, 1.54) is 0 Å². The molecule has 0 bridgehead atoms. The van der Waals surface area contributed by atoms with Crippen LogP contribution in [0.15, 0.2) is 9.98 Å². The van der Waals surface area contributed by atoms with E-state index in [2.05, 4.69) is 27.0 Å². The summed E-state index contributed by atoms with van der Waals surface area (Å²) >= 11 is 2.37. The fourth-order valence-corrected chi connectivity index (χ4v) is 0.676. The van der Waals surface area contributed by atoms with Crippen LogP contribution in [-0.2, 0) is 17.0 Å². The molecular formula is C6H10N2V. The standard InChI is InChI=1S/C6H10N2.V/c1-4-7-6(3)8-5-2;/h4H,1-3H3;. The number of nitrogens with zero attached hydrogens (tertiary/aromatic N) is 2. The van der Waals surface area contributed by atoms with Gasteiger partial charge in [-0.1, -0.05) is 0 Å². The summed E-state index contributed by atoms with van der Waals surface area (Å²) in [6.07, 6.45) is 1.73. The van der Waals surface area contributed by atoms with Crippen LogP contribution in [-0.4, -0.2) is 16.4 Å². The molecule has 0 aliphatic rings. The predicted molar refractivity (Wildman–Crippen MR) is 38.0 cm³/mol. The Morgan fingerprint density at radius 3 is 2.33 bits per heavy atom. The van der Waals surface area contributed by atoms with Gasteiger partial charge in [0.25, 0.3) is 0 Å². The van der Waals surface area contributed by atoms with Gasteiger partial charge in [0.2, 0.25) is 0 Å². The van der Waals surface area contributed by atoms with Gasteiger partial charge in [-0.25, -0.2) is 0 Å². The Kier molecular flexibility index (Phi) is 4.55. The molecule has 0 aromatic heterocycles. The molecule has 0 saturated heterocycles. The molecule has 3 heteroatoms. The molecule has 0 amide bonds. The van der Waals surface area contributed by atoms with Crippen LogP contribution in [0.25, 0.3) is 0 Å². The van der Waals surface area contributed by atoms with Crippen molar-refractivity contribution >= 4 is 16.4 Å². The van der Waals surface area contributed by atoms with Gasteiger partial charge in [0.05, 0.1) is 0 Å². The van der Waals surface area contributed by atoms with Crippen LogP contribution in [0, 0.1) is 0 Å². The molecule has 0 rings (SSSR count). The van der Waals surface area contributed by atoms with Gasteiger partial charge in [-0.3, -0.25) is 0 Å². The van der Waals surface area contributed by atoms with Crippen LogP contribution in [0.4, 0.5) is 0 Å². The summed E-state index contributed by atoms with van der Waals surface area (Å²) in [5.41, 5.74) is 0. The van der Waals surface area contributed by atoms with Gasteiger partial charge < -0.3 is 0 Å². The van der Waals surface area contributed by atoms with Crippen LogP contribution in [0.5, 0.6) is 0 Å². The number of aliphatic imine (C=N–C) groups is 2. The molecule has 0 heterocycles. The van der Waals surface area contributed by atoms with Gasteiger partial charge in [-0.15, -0.1) is 0 Å². The topological polar surface area (TPSA) is 24.7 Å². The molecule has 2 nitrogen and oxygen atoms in total. The Morgan fingerprint density at radius 2 is 2.00 bits per heavy atom. The van der Waals surface area contributed by atoms with Crippen LogP contribution >= 0.6 is 0 Å². The minimum absolute atomic E-state index is 0.802. The molecule has 0 aromatic carbocycles. The van der Waals surface area contributed by atoms with E-state index in [1.807, 2.05) is 20.8 Å². The number of amidine groups is 1. The number of hydrogen-bond acceptors (Lipinski definition) is 1. The molecule has 0 unspecified atom stereocenters. The second-order valence-electron chi connectivity index (χ2n) is 1.59. The Balaban J connectivity index is 4.00.